The fraction of sp³-hybridized carbons (Fsp3) is 0.519. The summed E-state index contributed by atoms with van der Waals surface area (Å²) in [6.07, 6.45) is -0.387. The Kier molecular flexibility index (Phi) is 5.98. The second kappa shape index (κ2) is 8.73. The number of aromatic hydroxyl groups is 1. The van der Waals surface area contributed by atoms with Gasteiger partial charge in [0.25, 0.3) is 0 Å². The summed E-state index contributed by atoms with van der Waals surface area (Å²) in [6, 6.07) is 8.40. The van der Waals surface area contributed by atoms with Crippen LogP contribution in [0.3, 0.4) is 0 Å². The van der Waals surface area contributed by atoms with E-state index < -0.39 is 11.7 Å². The molecule has 2 aromatic rings. The molecular weight excluding hydrogens is 459 g/mol. The van der Waals surface area contributed by atoms with Crippen LogP contribution in [0.25, 0.3) is 0 Å². The number of aliphatic hydroxyl groups excluding tert-OH is 1. The Bertz CT molecular complexity index is 1130. The molecule has 188 valence electrons. The van der Waals surface area contributed by atoms with Crippen LogP contribution in [0.4, 0.5) is 13.2 Å². The Morgan fingerprint density at radius 3 is 2.54 bits per heavy atom. The maximum absolute atomic E-state index is 12.8. The van der Waals surface area contributed by atoms with Gasteiger partial charge < -0.3 is 19.8 Å². The van der Waals surface area contributed by atoms with E-state index in [1.807, 2.05) is 6.07 Å². The van der Waals surface area contributed by atoms with Crippen molar-refractivity contribution in [3.05, 3.63) is 58.7 Å². The number of ether oxygens (including phenoxy) is 1. The molecule has 5 atom stereocenters. The summed E-state index contributed by atoms with van der Waals surface area (Å²) in [5.74, 6) is 1.34. The van der Waals surface area contributed by atoms with Crippen LogP contribution in [0.1, 0.15) is 67.2 Å². The molecule has 2 N–H and O–H groups in total. The zero-order chi connectivity index (χ0) is 25.0. The SMILES string of the molecule is COc1cc2c(cc1O)/C(=N/OCc1ccc(C(F)(F)F)cc1)C[C@@H]1[C@@H]2CC[C@]2(C)[C@@H](O)CC[C@@H]12. The minimum Gasteiger partial charge on any atom is -0.504 e. The highest BCUT2D eigenvalue weighted by Crippen LogP contribution is 2.61. The summed E-state index contributed by atoms with van der Waals surface area (Å²) >= 11 is 0. The van der Waals surface area contributed by atoms with Crippen molar-refractivity contribution in [3.8, 4) is 11.5 Å². The molecule has 0 radical (unpaired) electrons. The number of phenols is 1. The van der Waals surface area contributed by atoms with E-state index in [1.165, 1.54) is 19.2 Å². The third-order valence-electron chi connectivity index (χ3n) is 8.56. The van der Waals surface area contributed by atoms with Crippen molar-refractivity contribution in [3.63, 3.8) is 0 Å². The molecule has 5 nitrogen and oxygen atoms in total. The summed E-state index contributed by atoms with van der Waals surface area (Å²) in [7, 11) is 1.52. The first-order valence-corrected chi connectivity index (χ1v) is 12.1. The average Bonchev–Trinajstić information content (AvgIpc) is 3.13. The summed E-state index contributed by atoms with van der Waals surface area (Å²) in [5, 5.41) is 25.6. The number of hydrogen-bond donors (Lipinski definition) is 2. The number of hydrogen-bond acceptors (Lipinski definition) is 5. The number of alkyl halides is 3. The molecule has 0 unspecified atom stereocenters. The molecule has 8 heteroatoms. The molecule has 0 bridgehead atoms. The van der Waals surface area contributed by atoms with Crippen LogP contribution in [0, 0.1) is 17.3 Å². The Morgan fingerprint density at radius 2 is 1.86 bits per heavy atom. The lowest BCUT2D eigenvalue weighted by Crippen LogP contribution is -2.45. The van der Waals surface area contributed by atoms with Gasteiger partial charge >= 0.3 is 6.18 Å². The van der Waals surface area contributed by atoms with Crippen molar-refractivity contribution in [2.75, 3.05) is 7.11 Å². The topological polar surface area (TPSA) is 71.3 Å². The Balaban J connectivity index is 1.44. The quantitative estimate of drug-likeness (QED) is 0.516. The molecule has 5 rings (SSSR count). The van der Waals surface area contributed by atoms with E-state index in [2.05, 4.69) is 12.1 Å². The standard InChI is InChI=1S/C27H30F3NO4/c1-26-10-9-17-18-13-24(34-2)23(32)12-20(18)22(11-19(17)21(26)7-8-25(26)33)31-35-14-15-3-5-16(6-4-15)27(28,29)30/h3-6,12-13,17,19,21,25,32-33H,7-11,14H2,1-2H3/b31-22+/t17-,19-,21+,25+,26+/m1/s1. The van der Waals surface area contributed by atoms with E-state index in [-0.39, 0.29) is 35.7 Å². The number of phenolic OH excluding ortho intramolecular Hbond substituents is 1. The smallest absolute Gasteiger partial charge is 0.416 e. The van der Waals surface area contributed by atoms with Crippen LogP contribution < -0.4 is 4.74 Å². The molecular formula is C27H30F3NO4. The van der Waals surface area contributed by atoms with Crippen molar-refractivity contribution in [1.82, 2.24) is 0 Å². The van der Waals surface area contributed by atoms with Gasteiger partial charge in [-0.05, 0) is 90.7 Å². The third kappa shape index (κ3) is 4.15. The molecule has 0 aromatic heterocycles. The van der Waals surface area contributed by atoms with Crippen LogP contribution in [0.15, 0.2) is 41.6 Å². The van der Waals surface area contributed by atoms with Crippen molar-refractivity contribution < 1.29 is 33.0 Å². The highest BCUT2D eigenvalue weighted by Gasteiger charge is 2.55. The highest BCUT2D eigenvalue weighted by molar-refractivity contribution is 6.03. The summed E-state index contributed by atoms with van der Waals surface area (Å²) in [6.45, 7) is 2.23. The average molecular weight is 490 g/mol. The van der Waals surface area contributed by atoms with Gasteiger partial charge in [0.1, 0.15) is 6.61 Å². The van der Waals surface area contributed by atoms with Crippen LogP contribution >= 0.6 is 0 Å². The number of rotatable bonds is 4. The monoisotopic (exact) mass is 489 g/mol. The fourth-order valence-corrected chi connectivity index (χ4v) is 6.63. The van der Waals surface area contributed by atoms with Crippen molar-refractivity contribution in [2.45, 2.75) is 63.8 Å². The first-order chi connectivity index (χ1) is 16.6. The van der Waals surface area contributed by atoms with Crippen LogP contribution in [-0.4, -0.2) is 29.1 Å². The van der Waals surface area contributed by atoms with Gasteiger partial charge in [-0.1, -0.05) is 24.2 Å². The number of methoxy groups -OCH3 is 1. The number of aliphatic hydroxyl groups is 1. The molecule has 0 saturated heterocycles. The van der Waals surface area contributed by atoms with Crippen molar-refractivity contribution in [2.24, 2.45) is 22.4 Å². The normalized spacial score (nSPS) is 31.0. The van der Waals surface area contributed by atoms with Crippen LogP contribution in [0.2, 0.25) is 0 Å². The van der Waals surface area contributed by atoms with Crippen LogP contribution in [0.5, 0.6) is 11.5 Å². The van der Waals surface area contributed by atoms with Gasteiger partial charge in [-0.25, -0.2) is 0 Å². The minimum atomic E-state index is -4.38. The minimum absolute atomic E-state index is 0.0251. The fourth-order valence-electron chi connectivity index (χ4n) is 6.63. The van der Waals surface area contributed by atoms with Crippen molar-refractivity contribution >= 4 is 5.71 Å². The number of halogens is 3. The lowest BCUT2D eigenvalue weighted by molar-refractivity contribution is -0.137. The molecule has 2 aromatic carbocycles. The first-order valence-electron chi connectivity index (χ1n) is 12.1. The van der Waals surface area contributed by atoms with Crippen molar-refractivity contribution in [1.29, 1.82) is 0 Å². The second-order valence-corrected chi connectivity index (χ2v) is 10.3. The number of nitrogens with zero attached hydrogens (tertiary/aromatic N) is 1. The van der Waals surface area contributed by atoms with E-state index >= 15 is 0 Å². The second-order valence-electron chi connectivity index (χ2n) is 10.3. The Labute approximate surface area is 202 Å². The molecule has 0 amide bonds. The lowest BCUT2D eigenvalue weighted by atomic mass is 9.55. The summed E-state index contributed by atoms with van der Waals surface area (Å²) in [4.78, 5) is 5.62. The van der Waals surface area contributed by atoms with E-state index in [1.54, 1.807) is 6.07 Å². The van der Waals surface area contributed by atoms with E-state index in [9.17, 15) is 23.4 Å². The zero-order valence-electron chi connectivity index (χ0n) is 19.8. The summed E-state index contributed by atoms with van der Waals surface area (Å²) in [5.41, 5.74) is 2.35. The number of benzene rings is 2. The van der Waals surface area contributed by atoms with Gasteiger partial charge in [0, 0.05) is 5.56 Å². The Hall–Kier alpha value is -2.74. The van der Waals surface area contributed by atoms with Gasteiger partial charge in [0.2, 0.25) is 0 Å². The maximum atomic E-state index is 12.8. The van der Waals surface area contributed by atoms with E-state index in [0.29, 0.717) is 29.4 Å². The first kappa shape index (κ1) is 24.0. The predicted molar refractivity (Wildman–Crippen MR) is 124 cm³/mol. The molecule has 3 aliphatic rings. The number of fused-ring (bicyclic) bond motifs is 5. The molecule has 0 aliphatic heterocycles. The molecule has 0 spiro atoms. The van der Waals surface area contributed by atoms with Gasteiger partial charge in [0.15, 0.2) is 11.5 Å². The predicted octanol–water partition coefficient (Wildman–Crippen LogP) is 6.02. The molecule has 0 heterocycles. The molecule has 3 aliphatic carbocycles. The van der Waals surface area contributed by atoms with Gasteiger partial charge in [-0.3, -0.25) is 0 Å². The maximum Gasteiger partial charge on any atom is 0.416 e. The largest absolute Gasteiger partial charge is 0.504 e. The molecule has 35 heavy (non-hydrogen) atoms. The molecule has 2 fully saturated rings. The summed E-state index contributed by atoms with van der Waals surface area (Å²) < 4.78 is 43.9. The Morgan fingerprint density at radius 1 is 1.11 bits per heavy atom. The third-order valence-corrected chi connectivity index (χ3v) is 8.56. The van der Waals surface area contributed by atoms with Gasteiger partial charge in [0.05, 0.1) is 24.5 Å². The zero-order valence-corrected chi connectivity index (χ0v) is 19.8. The van der Waals surface area contributed by atoms with Gasteiger partial charge in [-0.15, -0.1) is 0 Å². The van der Waals surface area contributed by atoms with E-state index in [0.717, 1.165) is 48.9 Å². The lowest BCUT2D eigenvalue weighted by Gasteiger charge is -2.50. The van der Waals surface area contributed by atoms with E-state index in [4.69, 9.17) is 9.57 Å². The number of oxime groups is 1. The molecule has 2 saturated carbocycles. The van der Waals surface area contributed by atoms with Crippen LogP contribution in [-0.2, 0) is 17.6 Å². The van der Waals surface area contributed by atoms with Gasteiger partial charge in [-0.2, -0.15) is 13.2 Å². The highest BCUT2D eigenvalue weighted by atomic mass is 19.4.